The maximum absolute atomic E-state index is 12.9. The van der Waals surface area contributed by atoms with Crippen LogP contribution in [0.25, 0.3) is 0 Å². The van der Waals surface area contributed by atoms with Crippen molar-refractivity contribution in [3.05, 3.63) is 24.0 Å². The van der Waals surface area contributed by atoms with Crippen molar-refractivity contribution in [2.24, 2.45) is 5.92 Å². The van der Waals surface area contributed by atoms with Crippen LogP contribution in [0.4, 0.5) is 10.1 Å². The molecule has 0 amide bonds. The molecule has 94 valence electrons. The third kappa shape index (κ3) is 2.58. The second kappa shape index (κ2) is 4.27. The second-order valence-electron chi connectivity index (χ2n) is 4.32. The molecule has 2 unspecified atom stereocenters. The summed E-state index contributed by atoms with van der Waals surface area (Å²) in [5.41, 5.74) is 5.19. The van der Waals surface area contributed by atoms with Crippen LogP contribution in [0.15, 0.2) is 23.1 Å². The van der Waals surface area contributed by atoms with E-state index in [0.717, 1.165) is 25.0 Å². The molecule has 1 aromatic carbocycles. The molecule has 1 aromatic rings. The Morgan fingerprint density at radius 1 is 1.53 bits per heavy atom. The van der Waals surface area contributed by atoms with Gasteiger partial charge in [0.25, 0.3) is 0 Å². The fourth-order valence-corrected chi connectivity index (χ4v) is 3.15. The standard InChI is InChI=1S/C11H15FN2O2S/c1-2-7-5-11(7)14-17(15,16)8-3-4-9(12)10(13)6-8/h3-4,6-7,11,14H,2,5,13H2,1H3. The highest BCUT2D eigenvalue weighted by molar-refractivity contribution is 7.89. The normalized spacial score (nSPS) is 23.6. The molecule has 2 atom stereocenters. The Bertz CT molecular complexity index is 530. The molecule has 0 aliphatic heterocycles. The van der Waals surface area contributed by atoms with Crippen LogP contribution < -0.4 is 10.5 Å². The molecular weight excluding hydrogens is 243 g/mol. The molecule has 3 N–H and O–H groups in total. The average molecular weight is 258 g/mol. The van der Waals surface area contributed by atoms with Crippen LogP contribution >= 0.6 is 0 Å². The Kier molecular flexibility index (Phi) is 3.09. The fraction of sp³-hybridized carbons (Fsp3) is 0.455. The van der Waals surface area contributed by atoms with Crippen molar-refractivity contribution < 1.29 is 12.8 Å². The molecule has 0 radical (unpaired) electrons. The zero-order valence-corrected chi connectivity index (χ0v) is 10.3. The van der Waals surface area contributed by atoms with Gasteiger partial charge in [-0.15, -0.1) is 0 Å². The third-order valence-electron chi connectivity index (χ3n) is 3.03. The van der Waals surface area contributed by atoms with Gasteiger partial charge in [-0.2, -0.15) is 0 Å². The molecule has 17 heavy (non-hydrogen) atoms. The Hall–Kier alpha value is -1.14. The summed E-state index contributed by atoms with van der Waals surface area (Å²) in [6.07, 6.45) is 1.82. The number of halogens is 1. The van der Waals surface area contributed by atoms with E-state index in [1.54, 1.807) is 0 Å². The second-order valence-corrected chi connectivity index (χ2v) is 6.03. The van der Waals surface area contributed by atoms with E-state index in [1.165, 1.54) is 6.07 Å². The van der Waals surface area contributed by atoms with E-state index in [0.29, 0.717) is 5.92 Å². The number of nitrogens with two attached hydrogens (primary N) is 1. The lowest BCUT2D eigenvalue weighted by molar-refractivity contribution is 0.575. The molecule has 0 aromatic heterocycles. The van der Waals surface area contributed by atoms with Crippen LogP contribution in [-0.4, -0.2) is 14.5 Å². The summed E-state index contributed by atoms with van der Waals surface area (Å²) in [5.74, 6) is -0.190. The Labute approximate surface area is 100 Å². The van der Waals surface area contributed by atoms with Gasteiger partial charge in [0.15, 0.2) is 0 Å². The van der Waals surface area contributed by atoms with Gasteiger partial charge in [0, 0.05) is 6.04 Å². The smallest absolute Gasteiger partial charge is 0.240 e. The number of hydrogen-bond donors (Lipinski definition) is 2. The maximum Gasteiger partial charge on any atom is 0.240 e. The topological polar surface area (TPSA) is 72.2 Å². The number of rotatable bonds is 4. The predicted octanol–water partition coefficient (Wildman–Crippen LogP) is 1.48. The number of benzene rings is 1. The van der Waals surface area contributed by atoms with Crippen LogP contribution in [0.3, 0.4) is 0 Å². The molecule has 2 rings (SSSR count). The molecular formula is C11H15FN2O2S. The number of hydrogen-bond acceptors (Lipinski definition) is 3. The average Bonchev–Trinajstić information content (AvgIpc) is 2.99. The highest BCUT2D eigenvalue weighted by Gasteiger charge is 2.38. The van der Waals surface area contributed by atoms with Crippen LogP contribution in [0.5, 0.6) is 0 Å². The Balaban J connectivity index is 2.17. The first-order valence-corrected chi connectivity index (χ1v) is 6.99. The van der Waals surface area contributed by atoms with Crippen LogP contribution in [0, 0.1) is 11.7 Å². The first-order chi connectivity index (χ1) is 7.94. The minimum atomic E-state index is -3.58. The van der Waals surface area contributed by atoms with Crippen LogP contribution in [-0.2, 0) is 10.0 Å². The van der Waals surface area contributed by atoms with Crippen molar-refractivity contribution in [1.82, 2.24) is 4.72 Å². The molecule has 4 nitrogen and oxygen atoms in total. The molecule has 0 bridgehead atoms. The summed E-state index contributed by atoms with van der Waals surface area (Å²) in [5, 5.41) is 0. The summed E-state index contributed by atoms with van der Waals surface area (Å²) in [6, 6.07) is 3.43. The van der Waals surface area contributed by atoms with Gasteiger partial charge >= 0.3 is 0 Å². The molecule has 1 aliphatic carbocycles. The van der Waals surface area contributed by atoms with E-state index in [1.807, 2.05) is 6.92 Å². The highest BCUT2D eigenvalue weighted by Crippen LogP contribution is 2.34. The van der Waals surface area contributed by atoms with Crippen molar-refractivity contribution >= 4 is 15.7 Å². The lowest BCUT2D eigenvalue weighted by Gasteiger charge is -2.07. The van der Waals surface area contributed by atoms with Gasteiger partial charge in [-0.3, -0.25) is 0 Å². The number of nitrogens with one attached hydrogen (secondary N) is 1. The Morgan fingerprint density at radius 2 is 2.24 bits per heavy atom. The van der Waals surface area contributed by atoms with E-state index < -0.39 is 15.8 Å². The van der Waals surface area contributed by atoms with E-state index in [-0.39, 0.29) is 16.6 Å². The first kappa shape index (κ1) is 12.3. The van der Waals surface area contributed by atoms with Gasteiger partial charge in [-0.1, -0.05) is 13.3 Å². The zero-order valence-electron chi connectivity index (χ0n) is 9.48. The lowest BCUT2D eigenvalue weighted by Crippen LogP contribution is -2.27. The summed E-state index contributed by atoms with van der Waals surface area (Å²) in [6.45, 7) is 2.02. The zero-order chi connectivity index (χ0) is 12.6. The fourth-order valence-electron chi connectivity index (χ4n) is 1.80. The molecule has 6 heteroatoms. The largest absolute Gasteiger partial charge is 0.396 e. The van der Waals surface area contributed by atoms with Crippen molar-refractivity contribution in [3.63, 3.8) is 0 Å². The van der Waals surface area contributed by atoms with Crippen LogP contribution in [0.1, 0.15) is 19.8 Å². The predicted molar refractivity (Wildman–Crippen MR) is 63.3 cm³/mol. The van der Waals surface area contributed by atoms with Crippen molar-refractivity contribution in [2.45, 2.75) is 30.7 Å². The molecule has 1 fully saturated rings. The van der Waals surface area contributed by atoms with Crippen LogP contribution in [0.2, 0.25) is 0 Å². The van der Waals surface area contributed by atoms with Gasteiger partial charge in [0.05, 0.1) is 10.6 Å². The summed E-state index contributed by atoms with van der Waals surface area (Å²) in [7, 11) is -3.58. The minimum absolute atomic E-state index is 0.0104. The van der Waals surface area contributed by atoms with Crippen molar-refractivity contribution in [2.75, 3.05) is 5.73 Å². The Morgan fingerprint density at radius 3 is 2.76 bits per heavy atom. The van der Waals surface area contributed by atoms with E-state index >= 15 is 0 Å². The van der Waals surface area contributed by atoms with Gasteiger partial charge in [0.2, 0.25) is 10.0 Å². The van der Waals surface area contributed by atoms with Crippen molar-refractivity contribution in [1.29, 1.82) is 0 Å². The highest BCUT2D eigenvalue weighted by atomic mass is 32.2. The molecule has 0 spiro atoms. The molecule has 0 heterocycles. The van der Waals surface area contributed by atoms with Gasteiger partial charge in [0.1, 0.15) is 5.82 Å². The SMILES string of the molecule is CCC1CC1NS(=O)(=O)c1ccc(F)c(N)c1. The molecule has 1 saturated carbocycles. The van der Waals surface area contributed by atoms with Gasteiger partial charge < -0.3 is 5.73 Å². The quantitative estimate of drug-likeness (QED) is 0.804. The van der Waals surface area contributed by atoms with E-state index in [4.69, 9.17) is 5.73 Å². The van der Waals surface area contributed by atoms with Crippen molar-refractivity contribution in [3.8, 4) is 0 Å². The molecule has 1 aliphatic rings. The monoisotopic (exact) mass is 258 g/mol. The minimum Gasteiger partial charge on any atom is -0.396 e. The molecule has 0 saturated heterocycles. The van der Waals surface area contributed by atoms with Gasteiger partial charge in [-0.05, 0) is 30.5 Å². The number of nitrogen functional groups attached to an aromatic ring is 1. The number of anilines is 1. The maximum atomic E-state index is 12.9. The van der Waals surface area contributed by atoms with Gasteiger partial charge in [-0.25, -0.2) is 17.5 Å². The number of sulfonamides is 1. The first-order valence-electron chi connectivity index (χ1n) is 5.51. The summed E-state index contributed by atoms with van der Waals surface area (Å²) >= 11 is 0. The van der Waals surface area contributed by atoms with E-state index in [9.17, 15) is 12.8 Å². The summed E-state index contributed by atoms with van der Waals surface area (Å²) in [4.78, 5) is 0.0122. The summed E-state index contributed by atoms with van der Waals surface area (Å²) < 4.78 is 39.4. The third-order valence-corrected chi connectivity index (χ3v) is 4.52. The van der Waals surface area contributed by atoms with E-state index in [2.05, 4.69) is 4.72 Å². The lowest BCUT2D eigenvalue weighted by atomic mass is 10.3.